The fraction of sp³-hybridized carbons (Fsp3) is 0.548. The number of piperazine rings is 1. The number of nitrogens with one attached hydrogen (secondary N) is 1. The number of amides is 3. The van der Waals surface area contributed by atoms with E-state index in [9.17, 15) is 9.59 Å². The zero-order chi connectivity index (χ0) is 26.5. The molecule has 2 aromatic rings. The van der Waals surface area contributed by atoms with Crippen LogP contribution in [0.15, 0.2) is 48.5 Å². The smallest absolute Gasteiger partial charge is 0.317 e. The zero-order valence-corrected chi connectivity index (χ0v) is 23.1. The molecule has 3 amide bonds. The first-order valence-electron chi connectivity index (χ1n) is 14.4. The molecule has 1 atom stereocenters. The van der Waals surface area contributed by atoms with Gasteiger partial charge in [0, 0.05) is 64.1 Å². The molecule has 0 radical (unpaired) electrons. The van der Waals surface area contributed by atoms with Crippen molar-refractivity contribution in [2.24, 2.45) is 5.92 Å². The standard InChI is InChI=1S/C31H43N5O2/c1-24-7-5-9-26(21-24)22-32-31(38)35-15-12-28(13-16-35)36-14-6-10-27(23-36)30(37)34-19-17-33(18-20-34)29-11-4-3-8-25(29)2/h3-5,7-9,11,21,27-28H,6,10,12-20,22-23H2,1-2H3,(H,32,38). The number of para-hydroxylation sites is 1. The van der Waals surface area contributed by atoms with Gasteiger partial charge < -0.3 is 20.0 Å². The highest BCUT2D eigenvalue weighted by molar-refractivity contribution is 5.79. The maximum Gasteiger partial charge on any atom is 0.317 e. The molecule has 1 N–H and O–H groups in total. The third kappa shape index (κ3) is 6.32. The van der Waals surface area contributed by atoms with Crippen molar-refractivity contribution in [2.45, 2.75) is 52.1 Å². The van der Waals surface area contributed by atoms with Gasteiger partial charge in [0.2, 0.25) is 5.91 Å². The van der Waals surface area contributed by atoms with E-state index in [1.807, 2.05) is 11.0 Å². The van der Waals surface area contributed by atoms with Gasteiger partial charge in [-0.05, 0) is 63.3 Å². The number of urea groups is 1. The molecular weight excluding hydrogens is 474 g/mol. The van der Waals surface area contributed by atoms with Crippen LogP contribution in [0.4, 0.5) is 10.5 Å². The predicted molar refractivity (Wildman–Crippen MR) is 152 cm³/mol. The quantitative estimate of drug-likeness (QED) is 0.651. The van der Waals surface area contributed by atoms with Crippen molar-refractivity contribution in [3.05, 3.63) is 65.2 Å². The van der Waals surface area contributed by atoms with Crippen molar-refractivity contribution < 1.29 is 9.59 Å². The van der Waals surface area contributed by atoms with Crippen LogP contribution in [0.1, 0.15) is 42.4 Å². The van der Waals surface area contributed by atoms with Crippen molar-refractivity contribution in [2.75, 3.05) is 57.3 Å². The Balaban J connectivity index is 1.06. The van der Waals surface area contributed by atoms with Gasteiger partial charge in [-0.25, -0.2) is 4.79 Å². The van der Waals surface area contributed by atoms with Gasteiger partial charge in [0.05, 0.1) is 5.92 Å². The molecule has 7 heteroatoms. The van der Waals surface area contributed by atoms with E-state index in [1.54, 1.807) is 0 Å². The molecule has 5 rings (SSSR count). The first-order valence-corrected chi connectivity index (χ1v) is 14.4. The van der Waals surface area contributed by atoms with Gasteiger partial charge in [0.1, 0.15) is 0 Å². The van der Waals surface area contributed by atoms with Crippen LogP contribution in [0.3, 0.4) is 0 Å². The lowest BCUT2D eigenvalue weighted by Gasteiger charge is -2.43. The molecule has 1 unspecified atom stereocenters. The molecular formula is C31H43N5O2. The summed E-state index contributed by atoms with van der Waals surface area (Å²) in [5.74, 6) is 0.441. The summed E-state index contributed by atoms with van der Waals surface area (Å²) in [6.45, 7) is 11.7. The molecule has 3 aliphatic heterocycles. The highest BCUT2D eigenvalue weighted by Gasteiger charge is 2.35. The second-order valence-corrected chi connectivity index (χ2v) is 11.3. The molecule has 38 heavy (non-hydrogen) atoms. The topological polar surface area (TPSA) is 59.1 Å². The van der Waals surface area contributed by atoms with Crippen molar-refractivity contribution in [3.63, 3.8) is 0 Å². The first-order chi connectivity index (χ1) is 18.5. The summed E-state index contributed by atoms with van der Waals surface area (Å²) in [6.07, 6.45) is 4.03. The molecule has 3 aliphatic rings. The van der Waals surface area contributed by atoms with Gasteiger partial charge in [-0.1, -0.05) is 48.0 Å². The van der Waals surface area contributed by atoms with Crippen molar-refractivity contribution in [1.82, 2.24) is 20.0 Å². The number of piperidine rings is 2. The average molecular weight is 518 g/mol. The molecule has 7 nitrogen and oxygen atoms in total. The van der Waals surface area contributed by atoms with Crippen LogP contribution in [-0.2, 0) is 11.3 Å². The average Bonchev–Trinajstić information content (AvgIpc) is 2.96. The SMILES string of the molecule is Cc1cccc(CNC(=O)N2CCC(N3CCCC(C(=O)N4CCN(c5ccccc5C)CC4)C3)CC2)c1. The maximum absolute atomic E-state index is 13.5. The first kappa shape index (κ1) is 26.5. The molecule has 204 valence electrons. The van der Waals surface area contributed by atoms with Crippen molar-refractivity contribution in [3.8, 4) is 0 Å². The summed E-state index contributed by atoms with van der Waals surface area (Å²) in [7, 11) is 0. The number of hydrogen-bond acceptors (Lipinski definition) is 4. The summed E-state index contributed by atoms with van der Waals surface area (Å²) in [4.78, 5) is 35.2. The van der Waals surface area contributed by atoms with E-state index >= 15 is 0 Å². The molecule has 3 saturated heterocycles. The summed E-state index contributed by atoms with van der Waals surface area (Å²) < 4.78 is 0. The van der Waals surface area contributed by atoms with Crippen LogP contribution < -0.4 is 10.2 Å². The number of hydrogen-bond donors (Lipinski definition) is 1. The number of anilines is 1. The minimum absolute atomic E-state index is 0.0292. The van der Waals surface area contributed by atoms with Gasteiger partial charge in [0.25, 0.3) is 0 Å². The molecule has 0 aliphatic carbocycles. The Labute approximate surface area is 227 Å². The van der Waals surface area contributed by atoms with Gasteiger partial charge >= 0.3 is 6.03 Å². The predicted octanol–water partition coefficient (Wildman–Crippen LogP) is 4.04. The molecule has 0 aromatic heterocycles. The lowest BCUT2D eigenvalue weighted by molar-refractivity contribution is -0.138. The third-order valence-electron chi connectivity index (χ3n) is 8.64. The lowest BCUT2D eigenvalue weighted by atomic mass is 9.92. The van der Waals surface area contributed by atoms with Gasteiger partial charge in [-0.2, -0.15) is 0 Å². The van der Waals surface area contributed by atoms with Crippen LogP contribution >= 0.6 is 0 Å². The van der Waals surface area contributed by atoms with E-state index in [0.717, 1.165) is 83.6 Å². The van der Waals surface area contributed by atoms with Crippen LogP contribution in [0.5, 0.6) is 0 Å². The summed E-state index contributed by atoms with van der Waals surface area (Å²) in [5.41, 5.74) is 4.93. The molecule has 0 spiro atoms. The van der Waals surface area contributed by atoms with Gasteiger partial charge in [-0.15, -0.1) is 0 Å². The number of nitrogens with zero attached hydrogens (tertiary/aromatic N) is 4. The summed E-state index contributed by atoms with van der Waals surface area (Å²) in [6, 6.07) is 17.3. The second-order valence-electron chi connectivity index (χ2n) is 11.3. The number of carbonyl (C=O) groups excluding carboxylic acids is 2. The highest BCUT2D eigenvalue weighted by atomic mass is 16.2. The minimum atomic E-state index is 0.0292. The van der Waals surface area contributed by atoms with E-state index in [1.165, 1.54) is 16.8 Å². The highest BCUT2D eigenvalue weighted by Crippen LogP contribution is 2.27. The van der Waals surface area contributed by atoms with Gasteiger partial charge in [-0.3, -0.25) is 9.69 Å². The minimum Gasteiger partial charge on any atom is -0.368 e. The number of carbonyl (C=O) groups is 2. The van der Waals surface area contributed by atoms with Crippen molar-refractivity contribution >= 4 is 17.6 Å². The fourth-order valence-corrected chi connectivity index (χ4v) is 6.43. The van der Waals surface area contributed by atoms with Crippen LogP contribution in [0, 0.1) is 19.8 Å². The Hall–Kier alpha value is -3.06. The van der Waals surface area contributed by atoms with Crippen LogP contribution in [0.25, 0.3) is 0 Å². The maximum atomic E-state index is 13.5. The Morgan fingerprint density at radius 2 is 1.61 bits per heavy atom. The van der Waals surface area contributed by atoms with E-state index in [4.69, 9.17) is 0 Å². The second kappa shape index (κ2) is 12.2. The number of rotatable bonds is 5. The number of benzene rings is 2. The van der Waals surface area contributed by atoms with E-state index in [2.05, 4.69) is 76.3 Å². The summed E-state index contributed by atoms with van der Waals surface area (Å²) >= 11 is 0. The number of aryl methyl sites for hydroxylation is 2. The molecule has 0 saturated carbocycles. The summed E-state index contributed by atoms with van der Waals surface area (Å²) in [5, 5.41) is 3.08. The Kier molecular flexibility index (Phi) is 8.52. The molecule has 0 bridgehead atoms. The molecule has 3 fully saturated rings. The normalized spacial score (nSPS) is 21.4. The van der Waals surface area contributed by atoms with E-state index in [-0.39, 0.29) is 11.9 Å². The van der Waals surface area contributed by atoms with Crippen LogP contribution in [-0.4, -0.2) is 85.0 Å². The van der Waals surface area contributed by atoms with E-state index in [0.29, 0.717) is 18.5 Å². The lowest BCUT2D eigenvalue weighted by Crippen LogP contribution is -2.55. The molecule has 2 aromatic carbocycles. The van der Waals surface area contributed by atoms with Crippen LogP contribution in [0.2, 0.25) is 0 Å². The Morgan fingerprint density at radius 3 is 2.34 bits per heavy atom. The largest absolute Gasteiger partial charge is 0.368 e. The van der Waals surface area contributed by atoms with Gasteiger partial charge in [0.15, 0.2) is 0 Å². The Morgan fingerprint density at radius 1 is 0.842 bits per heavy atom. The van der Waals surface area contributed by atoms with Crippen molar-refractivity contribution in [1.29, 1.82) is 0 Å². The zero-order valence-electron chi connectivity index (χ0n) is 23.1. The Bertz CT molecular complexity index is 1100. The van der Waals surface area contributed by atoms with E-state index < -0.39 is 0 Å². The third-order valence-corrected chi connectivity index (χ3v) is 8.64. The monoisotopic (exact) mass is 517 g/mol. The molecule has 3 heterocycles. The fourth-order valence-electron chi connectivity index (χ4n) is 6.43. The number of likely N-dealkylation sites (tertiary alicyclic amines) is 2.